The lowest BCUT2D eigenvalue weighted by molar-refractivity contribution is -0.383. The molecule has 6 rings (SSSR count). The van der Waals surface area contributed by atoms with Crippen molar-refractivity contribution in [3.63, 3.8) is 0 Å². The van der Waals surface area contributed by atoms with Gasteiger partial charge >= 0.3 is 5.69 Å². The fourth-order valence-electron chi connectivity index (χ4n) is 11.5. The van der Waals surface area contributed by atoms with Crippen molar-refractivity contribution >= 4 is 28.3 Å². The molecule has 1 amide bonds. The van der Waals surface area contributed by atoms with Gasteiger partial charge in [0.1, 0.15) is 0 Å². The second-order valence-electron chi connectivity index (χ2n) is 18.0. The van der Waals surface area contributed by atoms with Gasteiger partial charge < -0.3 is 16.0 Å². The summed E-state index contributed by atoms with van der Waals surface area (Å²) in [5.41, 5.74) is 3.72. The zero-order chi connectivity index (χ0) is 36.9. The second kappa shape index (κ2) is 17.0. The molecule has 3 unspecified atom stereocenters. The number of carbonyl (C=O) groups is 1. The highest BCUT2D eigenvalue weighted by Crippen LogP contribution is 2.67. The molecular formula is C42H66N6O4. The molecule has 3 fully saturated rings. The third kappa shape index (κ3) is 8.37. The number of rotatable bonds is 18. The summed E-state index contributed by atoms with van der Waals surface area (Å²) in [6.07, 6.45) is 21.9. The van der Waals surface area contributed by atoms with Crippen molar-refractivity contribution in [2.45, 2.75) is 143 Å². The molecule has 10 heteroatoms. The Balaban J connectivity index is 0.856. The molecule has 0 spiro atoms. The van der Waals surface area contributed by atoms with E-state index < -0.39 is 4.92 Å². The third-order valence-electron chi connectivity index (χ3n) is 14.4. The molecule has 3 saturated carbocycles. The first kappa shape index (κ1) is 38.7. The Hall–Kier alpha value is -3.01. The summed E-state index contributed by atoms with van der Waals surface area (Å²) in [6, 6.07) is 3.59. The van der Waals surface area contributed by atoms with Crippen molar-refractivity contribution in [1.82, 2.24) is 20.9 Å². The quantitative estimate of drug-likeness (QED) is 0.0600. The summed E-state index contributed by atoms with van der Waals surface area (Å²) in [4.78, 5) is 23.1. The van der Waals surface area contributed by atoms with Crippen molar-refractivity contribution in [2.24, 2.45) is 46.3 Å². The minimum Gasteiger partial charge on any atom is -0.383 e. The molecule has 8 atom stereocenters. The van der Waals surface area contributed by atoms with Crippen molar-refractivity contribution in [3.8, 4) is 0 Å². The van der Waals surface area contributed by atoms with Crippen LogP contribution in [0.2, 0.25) is 0 Å². The summed E-state index contributed by atoms with van der Waals surface area (Å²) in [7, 11) is 0. The lowest BCUT2D eigenvalue weighted by Crippen LogP contribution is -2.51. The maximum Gasteiger partial charge on any atom is 0.300 e. The molecule has 1 aromatic carbocycles. The lowest BCUT2D eigenvalue weighted by Gasteiger charge is -2.58. The number of allylic oxidation sites excluding steroid dienone is 1. The van der Waals surface area contributed by atoms with Crippen LogP contribution in [-0.4, -0.2) is 46.8 Å². The van der Waals surface area contributed by atoms with Gasteiger partial charge in [-0.15, -0.1) is 0 Å². The largest absolute Gasteiger partial charge is 0.383 e. The highest BCUT2D eigenvalue weighted by Gasteiger charge is 2.59. The number of benzene rings is 1. The molecule has 4 aliphatic carbocycles. The highest BCUT2D eigenvalue weighted by atomic mass is 16.6. The van der Waals surface area contributed by atoms with Crippen LogP contribution in [0.15, 0.2) is 28.4 Å². The number of unbranched alkanes of at least 4 members (excludes halogenated alkanes) is 2. The monoisotopic (exact) mass is 719 g/mol. The van der Waals surface area contributed by atoms with E-state index in [-0.39, 0.29) is 17.1 Å². The zero-order valence-corrected chi connectivity index (χ0v) is 32.7. The minimum absolute atomic E-state index is 0.117. The number of nitro benzene ring substituents is 1. The standard InChI is InChI=1S/C42H66N6O4/c1-28(2)11-9-12-29(3)33-16-17-34-32-15-14-30-27-31(20-22-41(30,4)35(32)21-23-42(33,34)5)43-25-10-26-45-38(49)13-7-6-8-24-44-36-18-19-37(48(50)51)40-39(36)46-52-47-40/h14,18-19,28-29,31-35,43-44H,6-13,15-17,20-27H2,1-5H3,(H,45,49)/t29-,31+,32?,33-,34?,35?,41+,42-/m1/s1. The van der Waals surface area contributed by atoms with Gasteiger partial charge in [-0.2, -0.15) is 0 Å². The number of hydrogen-bond donors (Lipinski definition) is 3. The van der Waals surface area contributed by atoms with Gasteiger partial charge in [0, 0.05) is 31.6 Å². The number of amides is 1. The smallest absolute Gasteiger partial charge is 0.300 e. The Morgan fingerprint density at radius 1 is 0.942 bits per heavy atom. The first-order valence-electron chi connectivity index (χ1n) is 20.8. The van der Waals surface area contributed by atoms with Gasteiger partial charge in [0.2, 0.25) is 11.4 Å². The molecule has 4 aliphatic rings. The molecule has 2 aromatic rings. The van der Waals surface area contributed by atoms with E-state index in [1.165, 1.54) is 76.7 Å². The maximum absolute atomic E-state index is 12.4. The maximum atomic E-state index is 12.4. The Bertz CT molecular complexity index is 1560. The van der Waals surface area contributed by atoms with Gasteiger partial charge in [0.05, 0.1) is 10.6 Å². The van der Waals surface area contributed by atoms with Crippen LogP contribution in [0, 0.1) is 56.5 Å². The normalized spacial score (nSPS) is 30.3. The second-order valence-corrected chi connectivity index (χ2v) is 18.0. The number of aromatic nitrogens is 2. The van der Waals surface area contributed by atoms with Crippen LogP contribution in [0.5, 0.6) is 0 Å². The molecule has 1 aromatic heterocycles. The lowest BCUT2D eigenvalue weighted by atomic mass is 9.47. The summed E-state index contributed by atoms with van der Waals surface area (Å²) in [6.45, 7) is 15.0. The predicted molar refractivity (Wildman–Crippen MR) is 208 cm³/mol. The Labute approximate surface area is 311 Å². The van der Waals surface area contributed by atoms with Crippen molar-refractivity contribution in [3.05, 3.63) is 33.9 Å². The van der Waals surface area contributed by atoms with Crippen LogP contribution in [0.25, 0.3) is 11.0 Å². The van der Waals surface area contributed by atoms with E-state index >= 15 is 0 Å². The molecule has 288 valence electrons. The van der Waals surface area contributed by atoms with Gasteiger partial charge in [0.15, 0.2) is 5.52 Å². The van der Waals surface area contributed by atoms with Gasteiger partial charge in [-0.1, -0.05) is 72.0 Å². The molecule has 1 heterocycles. The van der Waals surface area contributed by atoms with Crippen molar-refractivity contribution in [2.75, 3.05) is 25.0 Å². The first-order chi connectivity index (χ1) is 25.0. The Morgan fingerprint density at radius 3 is 2.58 bits per heavy atom. The first-order valence-corrected chi connectivity index (χ1v) is 20.8. The van der Waals surface area contributed by atoms with Crippen molar-refractivity contribution < 1.29 is 14.3 Å². The van der Waals surface area contributed by atoms with E-state index in [1.54, 1.807) is 11.6 Å². The van der Waals surface area contributed by atoms with Crippen LogP contribution in [-0.2, 0) is 4.79 Å². The zero-order valence-electron chi connectivity index (χ0n) is 32.7. The summed E-state index contributed by atoms with van der Waals surface area (Å²) < 4.78 is 4.72. The molecule has 0 saturated heterocycles. The van der Waals surface area contributed by atoms with E-state index in [4.69, 9.17) is 4.63 Å². The van der Waals surface area contributed by atoms with Crippen LogP contribution < -0.4 is 16.0 Å². The van der Waals surface area contributed by atoms with Gasteiger partial charge in [-0.25, -0.2) is 4.63 Å². The topological polar surface area (TPSA) is 135 Å². The number of carbonyl (C=O) groups excluding carboxylic acids is 1. The predicted octanol–water partition coefficient (Wildman–Crippen LogP) is 9.61. The fourth-order valence-corrected chi connectivity index (χ4v) is 11.5. The van der Waals surface area contributed by atoms with E-state index in [2.05, 4.69) is 67.0 Å². The number of non-ortho nitro benzene ring substituents is 1. The fraction of sp³-hybridized carbons (Fsp3) is 0.786. The number of anilines is 1. The molecule has 0 bridgehead atoms. The minimum atomic E-state index is -0.491. The van der Waals surface area contributed by atoms with Crippen LogP contribution in [0.1, 0.15) is 137 Å². The number of nitrogens with one attached hydrogen (secondary N) is 3. The van der Waals surface area contributed by atoms with E-state index in [0.29, 0.717) is 47.6 Å². The van der Waals surface area contributed by atoms with Gasteiger partial charge in [-0.05, 0) is 140 Å². The van der Waals surface area contributed by atoms with Crippen LogP contribution in [0.3, 0.4) is 0 Å². The molecular weight excluding hydrogens is 652 g/mol. The third-order valence-corrected chi connectivity index (χ3v) is 14.4. The molecule has 52 heavy (non-hydrogen) atoms. The average molecular weight is 719 g/mol. The van der Waals surface area contributed by atoms with E-state index in [1.807, 2.05) is 0 Å². The average Bonchev–Trinajstić information content (AvgIpc) is 3.74. The van der Waals surface area contributed by atoms with E-state index in [9.17, 15) is 14.9 Å². The van der Waals surface area contributed by atoms with Crippen molar-refractivity contribution in [1.29, 1.82) is 0 Å². The van der Waals surface area contributed by atoms with Crippen LogP contribution in [0.4, 0.5) is 11.4 Å². The molecule has 0 radical (unpaired) electrons. The summed E-state index contributed by atoms with van der Waals surface area (Å²) in [5.74, 6) is 5.41. The number of fused-ring (bicyclic) bond motifs is 6. The number of hydrogen-bond acceptors (Lipinski definition) is 8. The Kier molecular flexibility index (Phi) is 12.6. The molecule has 3 N–H and O–H groups in total. The number of nitrogens with zero attached hydrogens (tertiary/aromatic N) is 3. The van der Waals surface area contributed by atoms with E-state index in [0.717, 1.165) is 67.7 Å². The summed E-state index contributed by atoms with van der Waals surface area (Å²) in [5, 5.41) is 28.9. The highest BCUT2D eigenvalue weighted by molar-refractivity contribution is 5.93. The van der Waals surface area contributed by atoms with Gasteiger partial charge in [0.25, 0.3) is 0 Å². The molecule has 0 aliphatic heterocycles. The van der Waals surface area contributed by atoms with Crippen LogP contribution >= 0.6 is 0 Å². The Morgan fingerprint density at radius 2 is 1.77 bits per heavy atom. The summed E-state index contributed by atoms with van der Waals surface area (Å²) >= 11 is 0. The van der Waals surface area contributed by atoms with Gasteiger partial charge in [-0.3, -0.25) is 14.9 Å². The number of nitro groups is 1. The SMILES string of the molecule is CC(C)CCC[C@@H](C)[C@H]1CCC2C3CC=C4C[C@@H](NCCCNC(=O)CCCCCNc5ccc([N+](=O)[O-])c6nonc56)CC[C@]4(C)C3CC[C@@]21C. The molecule has 10 nitrogen and oxygen atoms in total.